The maximum atomic E-state index is 11.7. The molecule has 9 nitrogen and oxygen atoms in total. The highest BCUT2D eigenvalue weighted by Crippen LogP contribution is 2.31. The lowest BCUT2D eigenvalue weighted by Crippen LogP contribution is -2.50. The fraction of sp³-hybridized carbons (Fsp3) is 0.450. The lowest BCUT2D eigenvalue weighted by atomic mass is 10.0. The molecular formula is C20H25N7O2. The second-order valence-corrected chi connectivity index (χ2v) is 8.34. The van der Waals surface area contributed by atoms with E-state index in [1.807, 2.05) is 45.2 Å². The number of aromatic nitrogens is 5. The molecule has 0 aliphatic heterocycles. The van der Waals surface area contributed by atoms with Gasteiger partial charge in [0.05, 0.1) is 17.6 Å². The molecule has 3 aromatic rings. The van der Waals surface area contributed by atoms with Gasteiger partial charge in [-0.2, -0.15) is 5.10 Å². The van der Waals surface area contributed by atoms with Gasteiger partial charge in [0.2, 0.25) is 5.95 Å². The molecule has 0 saturated heterocycles. The summed E-state index contributed by atoms with van der Waals surface area (Å²) < 4.78 is 1.70. The molecule has 1 aliphatic carbocycles. The summed E-state index contributed by atoms with van der Waals surface area (Å²) in [6, 6.07) is 5.64. The van der Waals surface area contributed by atoms with Crippen LogP contribution in [0.5, 0.6) is 0 Å². The van der Waals surface area contributed by atoms with E-state index in [0.29, 0.717) is 5.95 Å². The molecule has 1 amide bonds. The molecule has 4 rings (SSSR count). The Morgan fingerprint density at radius 2 is 1.97 bits per heavy atom. The predicted octanol–water partition coefficient (Wildman–Crippen LogP) is 3.30. The Bertz CT molecular complexity index is 1030. The Morgan fingerprint density at radius 3 is 2.72 bits per heavy atom. The van der Waals surface area contributed by atoms with E-state index in [0.717, 1.165) is 36.3 Å². The number of anilines is 1. The Labute approximate surface area is 168 Å². The molecule has 2 N–H and O–H groups in total. The van der Waals surface area contributed by atoms with E-state index in [9.17, 15) is 9.90 Å². The zero-order chi connectivity index (χ0) is 20.6. The summed E-state index contributed by atoms with van der Waals surface area (Å²) in [5.74, 6) is 0.529. The molecule has 3 heterocycles. The lowest BCUT2D eigenvalue weighted by Gasteiger charge is -2.38. The van der Waals surface area contributed by atoms with E-state index in [-0.39, 0.29) is 12.1 Å². The molecule has 1 saturated carbocycles. The summed E-state index contributed by atoms with van der Waals surface area (Å²) in [5.41, 5.74) is 1.80. The second kappa shape index (κ2) is 7.31. The molecule has 0 aromatic carbocycles. The molecule has 9 heteroatoms. The van der Waals surface area contributed by atoms with Crippen LogP contribution in [0.3, 0.4) is 0 Å². The Kier molecular flexibility index (Phi) is 4.81. The summed E-state index contributed by atoms with van der Waals surface area (Å²) in [5, 5.41) is 17.2. The van der Waals surface area contributed by atoms with Gasteiger partial charge in [-0.3, -0.25) is 0 Å². The Balaban J connectivity index is 1.48. The number of carbonyl (C=O) groups is 1. The third-order valence-electron chi connectivity index (χ3n) is 5.21. The summed E-state index contributed by atoms with van der Waals surface area (Å²) >= 11 is 0. The fourth-order valence-electron chi connectivity index (χ4n) is 4.02. The summed E-state index contributed by atoms with van der Waals surface area (Å²) in [4.78, 5) is 26.8. The van der Waals surface area contributed by atoms with Gasteiger partial charge >= 0.3 is 6.09 Å². The van der Waals surface area contributed by atoms with E-state index >= 15 is 0 Å². The highest BCUT2D eigenvalue weighted by molar-refractivity contribution is 5.66. The van der Waals surface area contributed by atoms with Crippen LogP contribution in [0.2, 0.25) is 0 Å². The van der Waals surface area contributed by atoms with Gasteiger partial charge in [0.15, 0.2) is 5.65 Å². The molecule has 29 heavy (non-hydrogen) atoms. The van der Waals surface area contributed by atoms with Crippen LogP contribution in [0.4, 0.5) is 10.7 Å². The van der Waals surface area contributed by atoms with Crippen LogP contribution in [-0.4, -0.2) is 58.3 Å². The van der Waals surface area contributed by atoms with Gasteiger partial charge in [0.1, 0.15) is 0 Å². The van der Waals surface area contributed by atoms with Crippen molar-refractivity contribution in [3.8, 4) is 11.4 Å². The van der Waals surface area contributed by atoms with E-state index < -0.39 is 11.6 Å². The fourth-order valence-corrected chi connectivity index (χ4v) is 4.02. The highest BCUT2D eigenvalue weighted by atomic mass is 16.4. The second-order valence-electron chi connectivity index (χ2n) is 8.34. The van der Waals surface area contributed by atoms with Gasteiger partial charge in [-0.05, 0) is 52.2 Å². The predicted molar refractivity (Wildman–Crippen MR) is 109 cm³/mol. The van der Waals surface area contributed by atoms with Crippen molar-refractivity contribution in [2.75, 3.05) is 5.32 Å². The van der Waals surface area contributed by atoms with E-state index in [1.165, 1.54) is 0 Å². The Hall–Kier alpha value is -3.23. The lowest BCUT2D eigenvalue weighted by molar-refractivity contribution is 0.0718. The molecule has 0 radical (unpaired) electrons. The molecule has 3 aromatic heterocycles. The van der Waals surface area contributed by atoms with Gasteiger partial charge in [0.25, 0.3) is 0 Å². The van der Waals surface area contributed by atoms with Crippen LogP contribution in [0.15, 0.2) is 36.8 Å². The Morgan fingerprint density at radius 1 is 1.17 bits per heavy atom. The maximum Gasteiger partial charge on any atom is 0.407 e. The molecule has 1 fully saturated rings. The first-order valence-corrected chi connectivity index (χ1v) is 9.74. The van der Waals surface area contributed by atoms with Crippen molar-refractivity contribution in [1.82, 2.24) is 29.5 Å². The first-order chi connectivity index (χ1) is 13.8. The number of fused-ring (bicyclic) bond motifs is 1. The van der Waals surface area contributed by atoms with Gasteiger partial charge < -0.3 is 15.3 Å². The van der Waals surface area contributed by atoms with Crippen molar-refractivity contribution in [2.45, 2.75) is 57.7 Å². The minimum Gasteiger partial charge on any atom is -0.465 e. The van der Waals surface area contributed by atoms with E-state index in [2.05, 4.69) is 25.4 Å². The smallest absolute Gasteiger partial charge is 0.407 e. The highest BCUT2D eigenvalue weighted by Gasteiger charge is 2.38. The number of nitrogens with one attached hydrogen (secondary N) is 1. The quantitative estimate of drug-likeness (QED) is 0.698. The van der Waals surface area contributed by atoms with Crippen molar-refractivity contribution in [1.29, 1.82) is 0 Å². The molecular weight excluding hydrogens is 370 g/mol. The van der Waals surface area contributed by atoms with Crippen molar-refractivity contribution in [3.63, 3.8) is 0 Å². The molecule has 1 aliphatic rings. The summed E-state index contributed by atoms with van der Waals surface area (Å²) in [6.45, 7) is 5.79. The van der Waals surface area contributed by atoms with Crippen LogP contribution in [0.25, 0.3) is 17.0 Å². The minimum absolute atomic E-state index is 0.0147. The van der Waals surface area contributed by atoms with Crippen molar-refractivity contribution in [3.05, 3.63) is 36.8 Å². The number of carboxylic acid groups (broad SMARTS) is 1. The van der Waals surface area contributed by atoms with Crippen molar-refractivity contribution >= 4 is 17.7 Å². The number of nitrogens with zero attached hydrogens (tertiary/aromatic N) is 6. The van der Waals surface area contributed by atoms with Crippen LogP contribution in [0.1, 0.15) is 40.0 Å². The number of hydrogen-bond donors (Lipinski definition) is 2. The number of hydrogen-bond acceptors (Lipinski definition) is 6. The normalized spacial score (nSPS) is 19.4. The van der Waals surface area contributed by atoms with Gasteiger partial charge in [-0.25, -0.2) is 24.3 Å². The largest absolute Gasteiger partial charge is 0.465 e. The summed E-state index contributed by atoms with van der Waals surface area (Å²) in [6.07, 6.45) is 6.81. The van der Waals surface area contributed by atoms with Crippen LogP contribution < -0.4 is 5.32 Å². The van der Waals surface area contributed by atoms with Crippen molar-refractivity contribution in [2.24, 2.45) is 0 Å². The van der Waals surface area contributed by atoms with Gasteiger partial charge in [-0.15, -0.1) is 0 Å². The molecule has 152 valence electrons. The zero-order valence-corrected chi connectivity index (χ0v) is 16.8. The van der Waals surface area contributed by atoms with Gasteiger partial charge in [-0.1, -0.05) is 0 Å². The monoisotopic (exact) mass is 395 g/mol. The third-order valence-corrected chi connectivity index (χ3v) is 5.21. The number of rotatable bonds is 4. The van der Waals surface area contributed by atoms with Crippen molar-refractivity contribution < 1.29 is 9.90 Å². The molecule has 0 bridgehead atoms. The van der Waals surface area contributed by atoms with Crippen LogP contribution in [0, 0.1) is 0 Å². The molecule has 0 spiro atoms. The molecule has 2 atom stereocenters. The topological polar surface area (TPSA) is 109 Å². The first kappa shape index (κ1) is 19.1. The standard InChI is InChI=1S/C20H25N7O2/c1-20(2,3)27(19(28)29)14-5-4-13(12-14)23-18-21-9-6-15(25-18)16-8-11-26-17(24-16)7-10-22-26/h6-11,13-14H,4-5,12H2,1-3H3,(H,28,29)(H,21,23,25). The van der Waals surface area contributed by atoms with E-state index in [1.54, 1.807) is 21.8 Å². The summed E-state index contributed by atoms with van der Waals surface area (Å²) in [7, 11) is 0. The zero-order valence-electron chi connectivity index (χ0n) is 16.8. The third kappa shape index (κ3) is 3.98. The van der Waals surface area contributed by atoms with E-state index in [4.69, 9.17) is 0 Å². The average molecular weight is 395 g/mol. The number of amides is 1. The maximum absolute atomic E-state index is 11.7. The van der Waals surface area contributed by atoms with Gasteiger partial charge in [0, 0.05) is 36.1 Å². The SMILES string of the molecule is CC(C)(C)N(C(=O)O)C1CCC(Nc2nccc(-c3ccn4nccc4n3)n2)C1. The molecule has 2 unspecified atom stereocenters. The first-order valence-electron chi connectivity index (χ1n) is 9.74. The van der Waals surface area contributed by atoms with Crippen LogP contribution >= 0.6 is 0 Å². The van der Waals surface area contributed by atoms with Crippen LogP contribution in [-0.2, 0) is 0 Å². The minimum atomic E-state index is -0.872. The average Bonchev–Trinajstić information content (AvgIpc) is 3.29.